The Balaban J connectivity index is 1.37. The molecule has 0 aliphatic rings. The quantitative estimate of drug-likeness (QED) is 0.169. The lowest BCUT2D eigenvalue weighted by atomic mass is 10.0. The van der Waals surface area contributed by atoms with Crippen molar-refractivity contribution in [2.45, 2.75) is 0 Å². The zero-order chi connectivity index (χ0) is 32.1. The first-order valence-corrected chi connectivity index (χ1v) is 15.8. The summed E-state index contributed by atoms with van der Waals surface area (Å²) < 4.78 is 0. The van der Waals surface area contributed by atoms with Crippen LogP contribution in [0.3, 0.4) is 0 Å². The molecule has 228 valence electrons. The molecule has 0 unspecified atom stereocenters. The van der Waals surface area contributed by atoms with Crippen LogP contribution in [0.5, 0.6) is 0 Å². The third-order valence-electron chi connectivity index (χ3n) is 8.14. The van der Waals surface area contributed by atoms with E-state index in [1.54, 1.807) is 0 Å². The third kappa shape index (κ3) is 5.74. The molecule has 2 aromatic heterocycles. The van der Waals surface area contributed by atoms with Crippen LogP contribution < -0.4 is 9.80 Å². The van der Waals surface area contributed by atoms with Crippen molar-refractivity contribution in [1.82, 2.24) is 19.9 Å². The summed E-state index contributed by atoms with van der Waals surface area (Å²) in [5.74, 6) is 1.54. The first-order chi connectivity index (χ1) is 23.8. The summed E-state index contributed by atoms with van der Waals surface area (Å²) in [6.07, 6.45) is 1.86. The monoisotopic (exact) mass is 618 g/mol. The van der Waals surface area contributed by atoms with E-state index in [1.165, 1.54) is 0 Å². The van der Waals surface area contributed by atoms with E-state index in [9.17, 15) is 0 Å². The van der Waals surface area contributed by atoms with Crippen molar-refractivity contribution in [1.29, 1.82) is 0 Å². The van der Waals surface area contributed by atoms with E-state index in [4.69, 9.17) is 19.9 Å². The van der Waals surface area contributed by atoms with E-state index < -0.39 is 0 Å². The number of rotatable bonds is 8. The molecule has 8 aromatic rings. The summed E-state index contributed by atoms with van der Waals surface area (Å²) >= 11 is 0. The Kier molecular flexibility index (Phi) is 7.79. The molecule has 2 heterocycles. The van der Waals surface area contributed by atoms with Gasteiger partial charge in [0.15, 0.2) is 5.82 Å². The van der Waals surface area contributed by atoms with E-state index in [0.717, 1.165) is 50.3 Å². The summed E-state index contributed by atoms with van der Waals surface area (Å²) in [7, 11) is 0. The number of para-hydroxylation sites is 4. The number of hydrogen-bond acceptors (Lipinski definition) is 6. The van der Waals surface area contributed by atoms with Crippen LogP contribution in [0.2, 0.25) is 0 Å². The Morgan fingerprint density at radius 1 is 0.375 bits per heavy atom. The van der Waals surface area contributed by atoms with E-state index in [0.29, 0.717) is 17.7 Å². The number of fused-ring (bicyclic) bond motifs is 1. The number of aromatic nitrogens is 4. The summed E-state index contributed by atoms with van der Waals surface area (Å²) in [6.45, 7) is 0. The van der Waals surface area contributed by atoms with Gasteiger partial charge in [-0.1, -0.05) is 115 Å². The average molecular weight is 619 g/mol. The molecule has 0 aliphatic carbocycles. The van der Waals surface area contributed by atoms with Gasteiger partial charge in [-0.3, -0.25) is 14.8 Å². The first-order valence-electron chi connectivity index (χ1n) is 15.8. The molecule has 0 saturated heterocycles. The zero-order valence-corrected chi connectivity index (χ0v) is 26.0. The summed E-state index contributed by atoms with van der Waals surface area (Å²) in [6, 6.07) is 59.4. The van der Waals surface area contributed by atoms with Crippen molar-refractivity contribution in [3.63, 3.8) is 0 Å². The van der Waals surface area contributed by atoms with Crippen molar-refractivity contribution in [2.75, 3.05) is 9.80 Å². The van der Waals surface area contributed by atoms with Gasteiger partial charge in [-0.15, -0.1) is 0 Å². The number of pyridine rings is 1. The van der Waals surface area contributed by atoms with Gasteiger partial charge >= 0.3 is 0 Å². The number of anilines is 6. The van der Waals surface area contributed by atoms with Crippen molar-refractivity contribution in [3.8, 4) is 22.6 Å². The highest BCUT2D eigenvalue weighted by Gasteiger charge is 2.23. The Morgan fingerprint density at radius 3 is 1.35 bits per heavy atom. The molecule has 48 heavy (non-hydrogen) atoms. The second kappa shape index (κ2) is 13.0. The lowest BCUT2D eigenvalue weighted by molar-refractivity contribution is 0.988. The van der Waals surface area contributed by atoms with Crippen molar-refractivity contribution in [2.24, 2.45) is 0 Å². The van der Waals surface area contributed by atoms with Crippen LogP contribution in [0.15, 0.2) is 182 Å². The van der Waals surface area contributed by atoms with Gasteiger partial charge in [-0.25, -0.2) is 0 Å². The third-order valence-corrected chi connectivity index (χ3v) is 8.14. The molecule has 0 bridgehead atoms. The lowest BCUT2D eigenvalue weighted by Gasteiger charge is -2.27. The van der Waals surface area contributed by atoms with Crippen LogP contribution in [0.4, 0.5) is 34.6 Å². The Morgan fingerprint density at radius 2 is 0.833 bits per heavy atom. The number of hydrogen-bond donors (Lipinski definition) is 0. The van der Waals surface area contributed by atoms with Crippen LogP contribution in [0.25, 0.3) is 33.4 Å². The zero-order valence-electron chi connectivity index (χ0n) is 26.0. The average Bonchev–Trinajstić information content (AvgIpc) is 3.17. The van der Waals surface area contributed by atoms with Gasteiger partial charge in [0.25, 0.3) is 0 Å². The molecule has 6 nitrogen and oxygen atoms in total. The van der Waals surface area contributed by atoms with Gasteiger partial charge in [-0.05, 0) is 66.0 Å². The lowest BCUT2D eigenvalue weighted by Crippen LogP contribution is -2.19. The molecule has 6 aromatic carbocycles. The highest BCUT2D eigenvalue weighted by Crippen LogP contribution is 2.38. The summed E-state index contributed by atoms with van der Waals surface area (Å²) in [5, 5.41) is 2.23. The fourth-order valence-electron chi connectivity index (χ4n) is 5.91. The minimum absolute atomic E-state index is 0.498. The molecule has 0 N–H and O–H groups in total. The predicted molar refractivity (Wildman–Crippen MR) is 195 cm³/mol. The minimum atomic E-state index is 0.498. The molecule has 0 saturated carbocycles. The molecule has 0 atom stereocenters. The highest BCUT2D eigenvalue weighted by atomic mass is 15.3. The van der Waals surface area contributed by atoms with E-state index in [-0.39, 0.29) is 0 Å². The van der Waals surface area contributed by atoms with Gasteiger partial charge < -0.3 is 0 Å². The van der Waals surface area contributed by atoms with Crippen LogP contribution in [0.1, 0.15) is 0 Å². The minimum Gasteiger partial charge on any atom is -0.279 e. The fraction of sp³-hybridized carbons (Fsp3) is 0. The largest absolute Gasteiger partial charge is 0.279 e. The van der Waals surface area contributed by atoms with Crippen LogP contribution in [-0.4, -0.2) is 19.9 Å². The van der Waals surface area contributed by atoms with Crippen molar-refractivity contribution < 1.29 is 0 Å². The van der Waals surface area contributed by atoms with E-state index in [1.807, 2.05) is 109 Å². The Labute approximate surface area is 279 Å². The predicted octanol–water partition coefficient (Wildman–Crippen LogP) is 10.7. The van der Waals surface area contributed by atoms with Crippen molar-refractivity contribution >= 4 is 45.4 Å². The van der Waals surface area contributed by atoms with E-state index >= 15 is 0 Å². The Bertz CT molecular complexity index is 2110. The maximum absolute atomic E-state index is 5.20. The molecule has 0 amide bonds. The molecule has 8 rings (SSSR count). The Hall–Kier alpha value is -6.66. The van der Waals surface area contributed by atoms with Gasteiger partial charge in [0.2, 0.25) is 11.9 Å². The van der Waals surface area contributed by atoms with Crippen LogP contribution in [0, 0.1) is 0 Å². The maximum Gasteiger partial charge on any atom is 0.240 e. The first kappa shape index (κ1) is 28.8. The van der Waals surface area contributed by atoms with Crippen LogP contribution in [-0.2, 0) is 0 Å². The second-order valence-electron chi connectivity index (χ2n) is 11.2. The van der Waals surface area contributed by atoms with Crippen LogP contribution >= 0.6 is 0 Å². The van der Waals surface area contributed by atoms with Gasteiger partial charge in [0, 0.05) is 45.5 Å². The maximum atomic E-state index is 5.20. The van der Waals surface area contributed by atoms with Crippen molar-refractivity contribution in [3.05, 3.63) is 182 Å². The topological polar surface area (TPSA) is 58.0 Å². The normalized spacial score (nSPS) is 10.9. The smallest absolute Gasteiger partial charge is 0.240 e. The summed E-state index contributed by atoms with van der Waals surface area (Å²) in [4.78, 5) is 24.5. The molecule has 0 spiro atoms. The fourth-order valence-corrected chi connectivity index (χ4v) is 5.91. The molecule has 0 fully saturated rings. The SMILES string of the molecule is c1ccc(N(c2ccccc2)c2nc(-c3cccc(-c4nccc5ccccc45)c3)nc(N(c3ccccc3)c3ccccc3)n2)cc1. The second-order valence-corrected chi connectivity index (χ2v) is 11.2. The van der Waals surface area contributed by atoms with Gasteiger partial charge in [0.1, 0.15) is 0 Å². The van der Waals surface area contributed by atoms with Gasteiger partial charge in [-0.2, -0.15) is 15.0 Å². The van der Waals surface area contributed by atoms with E-state index in [2.05, 4.69) is 82.6 Å². The molecule has 0 aliphatic heterocycles. The highest BCUT2D eigenvalue weighted by molar-refractivity contribution is 5.95. The van der Waals surface area contributed by atoms with Gasteiger partial charge in [0.05, 0.1) is 5.69 Å². The summed E-state index contributed by atoms with van der Waals surface area (Å²) in [5.41, 5.74) is 6.50. The molecule has 6 heteroatoms. The number of benzene rings is 6. The standard InChI is InChI=1S/C42H30N6/c1-5-19-34(20-6-1)47(35-21-7-2-8-22-35)41-44-40(33-18-15-17-32(30-33)39-38-27-14-13-16-31(38)28-29-43-39)45-42(46-41)48(36-23-9-3-10-24-36)37-25-11-4-12-26-37/h1-30H. The molecular formula is C42H30N6. The number of nitrogens with zero attached hydrogens (tertiary/aromatic N) is 6. The molecule has 0 radical (unpaired) electrons. The molecular weight excluding hydrogens is 589 g/mol.